The van der Waals surface area contributed by atoms with Crippen LogP contribution in [0.15, 0.2) is 30.3 Å². The lowest BCUT2D eigenvalue weighted by atomic mass is 9.85. The standard InChI is InChI=1S/C28H40NO7PS/c1-18-21(19-12-6-3-7-13-19)35-37(38,29(18)2)36-26-24-22(31-27(33-24)14-8-4-9-15-27)20(30)23-25(26)34-28(32-23)16-10-5-11-17-28/h3,6-7,12-13,18,20-26,30H,4-5,8-11,14-17H2,1-2H3/t18-,20?,21-,22-,23+,24-,25-,26?,37+/m1/s1. The summed E-state index contributed by atoms with van der Waals surface area (Å²) in [4.78, 5) is 0. The van der Waals surface area contributed by atoms with Gasteiger partial charge in [0.25, 0.3) is 6.64 Å². The molecule has 2 spiro atoms. The van der Waals surface area contributed by atoms with Crippen LogP contribution in [-0.2, 0) is 39.8 Å². The SMILES string of the molecule is C[C@@H]1[C@H](c2ccccc2)O[P@](=S)(OC2[C@@H]3OC4(CCCCC4)O[C@@H]3C(O)[C@@H]3OC4(CCCCC4)O[C@@H]23)N1C. The van der Waals surface area contributed by atoms with Gasteiger partial charge in [-0.2, -0.15) is 0 Å². The first-order chi connectivity index (χ1) is 18.3. The minimum absolute atomic E-state index is 0.0416. The fourth-order valence-electron chi connectivity index (χ4n) is 7.46. The monoisotopic (exact) mass is 565 g/mol. The molecule has 0 radical (unpaired) electrons. The largest absolute Gasteiger partial charge is 0.387 e. The van der Waals surface area contributed by atoms with E-state index in [0.717, 1.165) is 56.9 Å². The average Bonchev–Trinajstić information content (AvgIpc) is 3.56. The lowest BCUT2D eigenvalue weighted by molar-refractivity contribution is -0.223. The third kappa shape index (κ3) is 4.28. The minimum atomic E-state index is -2.92. The van der Waals surface area contributed by atoms with Crippen LogP contribution in [0.2, 0.25) is 0 Å². The molecule has 3 heterocycles. The Balaban J connectivity index is 1.21. The maximum atomic E-state index is 11.6. The van der Waals surface area contributed by atoms with E-state index in [1.54, 1.807) is 0 Å². The fourth-order valence-corrected chi connectivity index (χ4v) is 10.5. The fraction of sp³-hybridized carbons (Fsp3) is 0.786. The summed E-state index contributed by atoms with van der Waals surface area (Å²) >= 11 is 6.21. The Morgan fingerprint density at radius 1 is 0.842 bits per heavy atom. The van der Waals surface area contributed by atoms with Gasteiger partial charge < -0.3 is 33.1 Å². The zero-order valence-electron chi connectivity index (χ0n) is 22.3. The molecule has 6 fully saturated rings. The second kappa shape index (κ2) is 9.83. The number of rotatable bonds is 3. The van der Waals surface area contributed by atoms with Gasteiger partial charge in [0.05, 0.1) is 0 Å². The van der Waals surface area contributed by atoms with Crippen molar-refractivity contribution < 1.29 is 33.1 Å². The molecule has 38 heavy (non-hydrogen) atoms. The number of hydrogen-bond acceptors (Lipinski definition) is 8. The maximum absolute atomic E-state index is 11.6. The Morgan fingerprint density at radius 3 is 1.87 bits per heavy atom. The molecule has 10 heteroatoms. The summed E-state index contributed by atoms with van der Waals surface area (Å²) in [5, 5.41) is 11.6. The topological polar surface area (TPSA) is 78.9 Å². The zero-order valence-corrected chi connectivity index (χ0v) is 24.0. The number of likely N-dealkylation sites (N-methyl/N-ethyl adjacent to an activating group) is 1. The summed E-state index contributed by atoms with van der Waals surface area (Å²) in [5.74, 6) is -1.38. The summed E-state index contributed by atoms with van der Waals surface area (Å²) in [6.07, 6.45) is 6.06. The van der Waals surface area contributed by atoms with Crippen LogP contribution < -0.4 is 0 Å². The molecule has 0 bridgehead atoms. The molecule has 0 amide bonds. The molecule has 7 rings (SSSR count). The highest BCUT2D eigenvalue weighted by atomic mass is 32.5. The van der Waals surface area contributed by atoms with Crippen LogP contribution in [0.3, 0.4) is 0 Å². The first-order valence-electron chi connectivity index (χ1n) is 14.5. The van der Waals surface area contributed by atoms with Crippen molar-refractivity contribution in [3.8, 4) is 0 Å². The van der Waals surface area contributed by atoms with Crippen molar-refractivity contribution in [1.29, 1.82) is 0 Å². The van der Waals surface area contributed by atoms with Crippen molar-refractivity contribution in [3.05, 3.63) is 35.9 Å². The molecule has 3 aliphatic carbocycles. The van der Waals surface area contributed by atoms with Gasteiger partial charge in [0.1, 0.15) is 42.7 Å². The summed E-state index contributed by atoms with van der Waals surface area (Å²) < 4.78 is 42.3. The van der Waals surface area contributed by atoms with Gasteiger partial charge in [0, 0.05) is 31.7 Å². The highest BCUT2D eigenvalue weighted by molar-refractivity contribution is 8.08. The van der Waals surface area contributed by atoms with Crippen LogP contribution in [0.4, 0.5) is 0 Å². The van der Waals surface area contributed by atoms with E-state index in [-0.39, 0.29) is 12.1 Å². The van der Waals surface area contributed by atoms with E-state index in [2.05, 4.69) is 23.7 Å². The van der Waals surface area contributed by atoms with Gasteiger partial charge in [0.2, 0.25) is 0 Å². The van der Waals surface area contributed by atoms with Crippen molar-refractivity contribution in [3.63, 3.8) is 0 Å². The van der Waals surface area contributed by atoms with Crippen LogP contribution in [-0.4, -0.2) is 71.1 Å². The molecule has 2 unspecified atom stereocenters. The van der Waals surface area contributed by atoms with E-state index in [1.807, 2.05) is 25.2 Å². The number of fused-ring (bicyclic) bond motifs is 2. The highest BCUT2D eigenvalue weighted by Gasteiger charge is 2.67. The van der Waals surface area contributed by atoms with Crippen molar-refractivity contribution >= 4 is 18.4 Å². The molecular weight excluding hydrogens is 525 g/mol. The van der Waals surface area contributed by atoms with Gasteiger partial charge in [0.15, 0.2) is 11.6 Å². The maximum Gasteiger partial charge on any atom is 0.265 e. The van der Waals surface area contributed by atoms with Gasteiger partial charge >= 0.3 is 0 Å². The molecule has 8 nitrogen and oxygen atoms in total. The third-order valence-electron chi connectivity index (χ3n) is 9.65. The van der Waals surface area contributed by atoms with Crippen molar-refractivity contribution in [2.75, 3.05) is 7.05 Å². The Labute approximate surface area is 230 Å². The molecule has 9 atom stereocenters. The molecule has 3 saturated carbocycles. The van der Waals surface area contributed by atoms with Crippen LogP contribution in [0.1, 0.15) is 82.8 Å². The number of aliphatic hydroxyl groups excluding tert-OH is 1. The minimum Gasteiger partial charge on any atom is -0.387 e. The Hall–Kier alpha value is -0.450. The first-order valence-corrected chi connectivity index (χ1v) is 17.1. The van der Waals surface area contributed by atoms with E-state index in [4.69, 9.17) is 39.8 Å². The second-order valence-corrected chi connectivity index (χ2v) is 15.4. The summed E-state index contributed by atoms with van der Waals surface area (Å²) in [6.45, 7) is -0.786. The predicted octanol–water partition coefficient (Wildman–Crippen LogP) is 4.95. The Kier molecular flexibility index (Phi) is 6.84. The summed E-state index contributed by atoms with van der Waals surface area (Å²) in [5.41, 5.74) is 1.08. The van der Waals surface area contributed by atoms with Crippen LogP contribution in [0.5, 0.6) is 0 Å². The van der Waals surface area contributed by atoms with Crippen LogP contribution in [0, 0.1) is 0 Å². The molecule has 3 aliphatic heterocycles. The summed E-state index contributed by atoms with van der Waals surface area (Å²) in [7, 11) is 1.99. The molecule has 1 N–H and O–H groups in total. The second-order valence-electron chi connectivity index (χ2n) is 12.1. The van der Waals surface area contributed by atoms with E-state index in [0.29, 0.717) is 0 Å². The van der Waals surface area contributed by atoms with Crippen molar-refractivity contribution in [1.82, 2.24) is 4.67 Å². The van der Waals surface area contributed by atoms with E-state index < -0.39 is 54.8 Å². The number of benzene rings is 1. The lowest BCUT2D eigenvalue weighted by Crippen LogP contribution is -2.62. The zero-order chi connectivity index (χ0) is 26.1. The van der Waals surface area contributed by atoms with Crippen molar-refractivity contribution in [2.45, 2.75) is 131 Å². The van der Waals surface area contributed by atoms with E-state index >= 15 is 0 Å². The van der Waals surface area contributed by atoms with E-state index in [9.17, 15) is 5.11 Å². The van der Waals surface area contributed by atoms with Gasteiger partial charge in [-0.25, -0.2) is 4.67 Å². The van der Waals surface area contributed by atoms with Crippen molar-refractivity contribution in [2.24, 2.45) is 0 Å². The lowest BCUT2D eigenvalue weighted by Gasteiger charge is -2.42. The molecule has 210 valence electrons. The molecule has 1 aromatic rings. The number of nitrogens with zero attached hydrogens (tertiary/aromatic N) is 1. The molecule has 3 saturated heterocycles. The molecule has 1 aromatic carbocycles. The van der Waals surface area contributed by atoms with E-state index in [1.165, 1.54) is 12.8 Å². The molecule has 6 aliphatic rings. The first kappa shape index (κ1) is 26.4. The quantitative estimate of drug-likeness (QED) is 0.512. The summed E-state index contributed by atoms with van der Waals surface area (Å²) in [6, 6.07) is 10.2. The van der Waals surface area contributed by atoms with Gasteiger partial charge in [-0.3, -0.25) is 0 Å². The number of hydrogen-bond donors (Lipinski definition) is 1. The third-order valence-corrected chi connectivity index (χ3v) is 13.1. The van der Waals surface area contributed by atoms with Gasteiger partial charge in [-0.1, -0.05) is 43.2 Å². The Morgan fingerprint density at radius 2 is 1.34 bits per heavy atom. The predicted molar refractivity (Wildman–Crippen MR) is 144 cm³/mol. The normalized spacial score (nSPS) is 45.9. The number of ether oxygens (including phenoxy) is 4. The number of aliphatic hydroxyl groups is 1. The molecular formula is C28H40NO7PS. The van der Waals surface area contributed by atoms with Crippen LogP contribution in [0.25, 0.3) is 0 Å². The van der Waals surface area contributed by atoms with Gasteiger partial charge in [-0.05, 0) is 57.0 Å². The highest BCUT2D eigenvalue weighted by Crippen LogP contribution is 2.65. The molecule has 0 aromatic heterocycles. The average molecular weight is 566 g/mol. The van der Waals surface area contributed by atoms with Crippen LogP contribution >= 0.6 is 6.64 Å². The Bertz CT molecular complexity index is 1020. The smallest absolute Gasteiger partial charge is 0.265 e. The van der Waals surface area contributed by atoms with Gasteiger partial charge in [-0.15, -0.1) is 0 Å².